The van der Waals surface area contributed by atoms with E-state index in [2.05, 4.69) is 58.9 Å². The minimum Gasteiger partial charge on any atom is -0.356 e. The first-order valence-electron chi connectivity index (χ1n) is 7.70. The van der Waals surface area contributed by atoms with Crippen molar-refractivity contribution in [1.29, 1.82) is 0 Å². The Morgan fingerprint density at radius 3 is 2.19 bits per heavy atom. The molecule has 3 heteroatoms. The third-order valence-electron chi connectivity index (χ3n) is 4.15. The molecule has 0 radical (unpaired) electrons. The van der Waals surface area contributed by atoms with Crippen molar-refractivity contribution in [3.63, 3.8) is 0 Å². The molecule has 21 heavy (non-hydrogen) atoms. The molecule has 1 fully saturated rings. The Bertz CT molecular complexity index is 544. The topological polar surface area (TPSA) is 27.3 Å². The maximum atomic E-state index is 3.43. The first kappa shape index (κ1) is 14.1. The number of para-hydroxylation sites is 1. The van der Waals surface area contributed by atoms with E-state index >= 15 is 0 Å². The van der Waals surface area contributed by atoms with Crippen LogP contribution in [0.4, 0.5) is 11.4 Å². The Morgan fingerprint density at radius 2 is 1.52 bits per heavy atom. The van der Waals surface area contributed by atoms with Crippen LogP contribution in [-0.2, 0) is 0 Å². The molecule has 1 heterocycles. The molecule has 1 aliphatic heterocycles. The number of anilines is 2. The second kappa shape index (κ2) is 6.74. The molecule has 1 unspecified atom stereocenters. The van der Waals surface area contributed by atoms with Gasteiger partial charge in [0.2, 0.25) is 0 Å². The summed E-state index contributed by atoms with van der Waals surface area (Å²) in [4.78, 5) is 2.54. The summed E-state index contributed by atoms with van der Waals surface area (Å²) < 4.78 is 0. The van der Waals surface area contributed by atoms with Crippen LogP contribution in [0.3, 0.4) is 0 Å². The zero-order chi connectivity index (χ0) is 14.5. The number of nitrogens with one attached hydrogen (secondary N) is 2. The summed E-state index contributed by atoms with van der Waals surface area (Å²) in [6.07, 6.45) is 0. The highest BCUT2D eigenvalue weighted by molar-refractivity contribution is 5.59. The fraction of sp³-hybridized carbons (Fsp3) is 0.333. The van der Waals surface area contributed by atoms with Crippen molar-refractivity contribution in [2.75, 3.05) is 31.5 Å². The third-order valence-corrected chi connectivity index (χ3v) is 4.15. The summed E-state index contributed by atoms with van der Waals surface area (Å²) in [7, 11) is 0. The van der Waals surface area contributed by atoms with E-state index in [1.165, 1.54) is 5.56 Å². The lowest BCUT2D eigenvalue weighted by Crippen LogP contribution is -2.44. The fourth-order valence-corrected chi connectivity index (χ4v) is 2.81. The van der Waals surface area contributed by atoms with Gasteiger partial charge < -0.3 is 10.6 Å². The summed E-state index contributed by atoms with van der Waals surface area (Å²) in [5.41, 5.74) is 3.65. The van der Waals surface area contributed by atoms with Gasteiger partial charge in [-0.3, -0.25) is 4.90 Å². The zero-order valence-corrected chi connectivity index (χ0v) is 12.5. The monoisotopic (exact) mass is 281 g/mol. The van der Waals surface area contributed by atoms with E-state index in [-0.39, 0.29) is 0 Å². The molecule has 0 aromatic heterocycles. The van der Waals surface area contributed by atoms with Gasteiger partial charge in [0.15, 0.2) is 0 Å². The molecule has 110 valence electrons. The van der Waals surface area contributed by atoms with Crippen molar-refractivity contribution in [2.24, 2.45) is 0 Å². The van der Waals surface area contributed by atoms with Gasteiger partial charge in [-0.2, -0.15) is 0 Å². The van der Waals surface area contributed by atoms with E-state index in [0.717, 1.165) is 37.6 Å². The lowest BCUT2D eigenvalue weighted by Gasteiger charge is -2.33. The van der Waals surface area contributed by atoms with Crippen molar-refractivity contribution < 1.29 is 0 Å². The molecule has 1 saturated heterocycles. The highest BCUT2D eigenvalue weighted by Crippen LogP contribution is 2.23. The van der Waals surface area contributed by atoms with Gasteiger partial charge in [0, 0.05) is 43.6 Å². The van der Waals surface area contributed by atoms with Crippen LogP contribution in [0.2, 0.25) is 0 Å². The van der Waals surface area contributed by atoms with E-state index in [9.17, 15) is 0 Å². The number of hydrogen-bond donors (Lipinski definition) is 2. The fourth-order valence-electron chi connectivity index (χ4n) is 2.81. The van der Waals surface area contributed by atoms with E-state index in [0.29, 0.717) is 6.04 Å². The normalized spacial score (nSPS) is 17.4. The molecule has 2 aromatic rings. The molecule has 1 atom stereocenters. The van der Waals surface area contributed by atoms with Crippen LogP contribution in [0.5, 0.6) is 0 Å². The van der Waals surface area contributed by atoms with Crippen molar-refractivity contribution >= 4 is 11.4 Å². The van der Waals surface area contributed by atoms with Crippen molar-refractivity contribution in [3.8, 4) is 0 Å². The second-order valence-corrected chi connectivity index (χ2v) is 5.57. The molecule has 0 amide bonds. The van der Waals surface area contributed by atoms with Gasteiger partial charge in [-0.05, 0) is 36.8 Å². The smallest absolute Gasteiger partial charge is 0.0384 e. The minimum absolute atomic E-state index is 0.484. The minimum atomic E-state index is 0.484. The Morgan fingerprint density at radius 1 is 0.905 bits per heavy atom. The van der Waals surface area contributed by atoms with E-state index in [1.54, 1.807) is 0 Å². The molecule has 1 aliphatic rings. The highest BCUT2D eigenvalue weighted by atomic mass is 15.2. The van der Waals surface area contributed by atoms with E-state index in [1.807, 2.05) is 18.2 Å². The Kier molecular flexibility index (Phi) is 4.53. The molecule has 0 bridgehead atoms. The molecule has 0 aliphatic carbocycles. The summed E-state index contributed by atoms with van der Waals surface area (Å²) in [6.45, 7) is 6.75. The molecule has 2 aromatic carbocycles. The molecule has 2 N–H and O–H groups in total. The van der Waals surface area contributed by atoms with Gasteiger partial charge in [-0.1, -0.05) is 30.3 Å². The SMILES string of the molecule is CC(c1ccc(Nc2ccccc2)cc1)N1CCNCC1. The summed E-state index contributed by atoms with van der Waals surface area (Å²) in [5, 5.41) is 6.83. The maximum absolute atomic E-state index is 3.43. The third kappa shape index (κ3) is 3.63. The molecular formula is C18H23N3. The number of nitrogens with zero attached hydrogens (tertiary/aromatic N) is 1. The van der Waals surface area contributed by atoms with E-state index < -0.39 is 0 Å². The first-order valence-corrected chi connectivity index (χ1v) is 7.70. The van der Waals surface area contributed by atoms with Crippen LogP contribution in [0.25, 0.3) is 0 Å². The second-order valence-electron chi connectivity index (χ2n) is 5.57. The van der Waals surface area contributed by atoms with Crippen LogP contribution in [0, 0.1) is 0 Å². The predicted octanol–water partition coefficient (Wildman–Crippen LogP) is 3.40. The first-order chi connectivity index (χ1) is 10.3. The van der Waals surface area contributed by atoms with Crippen molar-refractivity contribution in [3.05, 3.63) is 60.2 Å². The van der Waals surface area contributed by atoms with Gasteiger partial charge in [0.05, 0.1) is 0 Å². The Hall–Kier alpha value is -1.84. The van der Waals surface area contributed by atoms with Gasteiger partial charge >= 0.3 is 0 Å². The van der Waals surface area contributed by atoms with Gasteiger partial charge in [-0.15, -0.1) is 0 Å². The summed E-state index contributed by atoms with van der Waals surface area (Å²) >= 11 is 0. The standard InChI is InChI=1S/C18H23N3/c1-15(21-13-11-19-12-14-21)16-7-9-18(10-8-16)20-17-5-3-2-4-6-17/h2-10,15,19-20H,11-14H2,1H3. The molecular weight excluding hydrogens is 258 g/mol. The van der Waals surface area contributed by atoms with Crippen molar-refractivity contribution in [1.82, 2.24) is 10.2 Å². The van der Waals surface area contributed by atoms with Crippen LogP contribution >= 0.6 is 0 Å². The van der Waals surface area contributed by atoms with Gasteiger partial charge in [-0.25, -0.2) is 0 Å². The average molecular weight is 281 g/mol. The number of piperazine rings is 1. The van der Waals surface area contributed by atoms with Crippen LogP contribution in [-0.4, -0.2) is 31.1 Å². The quantitative estimate of drug-likeness (QED) is 0.899. The van der Waals surface area contributed by atoms with Gasteiger partial charge in [0.25, 0.3) is 0 Å². The molecule has 3 rings (SSSR count). The van der Waals surface area contributed by atoms with Crippen molar-refractivity contribution in [2.45, 2.75) is 13.0 Å². The van der Waals surface area contributed by atoms with Crippen LogP contribution in [0.1, 0.15) is 18.5 Å². The van der Waals surface area contributed by atoms with E-state index in [4.69, 9.17) is 0 Å². The Labute approximate surface area is 127 Å². The molecule has 0 spiro atoms. The van der Waals surface area contributed by atoms with Crippen LogP contribution < -0.4 is 10.6 Å². The number of benzene rings is 2. The number of rotatable bonds is 4. The largest absolute Gasteiger partial charge is 0.356 e. The number of hydrogen-bond acceptors (Lipinski definition) is 3. The maximum Gasteiger partial charge on any atom is 0.0384 e. The predicted molar refractivity (Wildman–Crippen MR) is 89.0 cm³/mol. The average Bonchev–Trinajstić information content (AvgIpc) is 2.57. The van der Waals surface area contributed by atoms with Crippen LogP contribution in [0.15, 0.2) is 54.6 Å². The Balaban J connectivity index is 1.66. The lowest BCUT2D eigenvalue weighted by atomic mass is 10.1. The molecule has 3 nitrogen and oxygen atoms in total. The lowest BCUT2D eigenvalue weighted by molar-refractivity contribution is 0.185. The van der Waals surface area contributed by atoms with Gasteiger partial charge in [0.1, 0.15) is 0 Å². The zero-order valence-electron chi connectivity index (χ0n) is 12.5. The molecule has 0 saturated carbocycles. The summed E-state index contributed by atoms with van der Waals surface area (Å²) in [5.74, 6) is 0. The highest BCUT2D eigenvalue weighted by Gasteiger charge is 2.17. The summed E-state index contributed by atoms with van der Waals surface area (Å²) in [6, 6.07) is 19.6.